The molecule has 90 valence electrons. The molecule has 0 spiro atoms. The quantitative estimate of drug-likeness (QED) is 0.790. The minimum Gasteiger partial charge on any atom is -0.245 e. The number of hydrogen-bond acceptors (Lipinski definition) is 3. The Kier molecular flexibility index (Phi) is 4.63. The van der Waals surface area contributed by atoms with Crippen molar-refractivity contribution in [3.63, 3.8) is 0 Å². The normalized spacial score (nSPS) is 10.7. The topological polar surface area (TPSA) is 12.9 Å². The summed E-state index contributed by atoms with van der Waals surface area (Å²) in [5.74, 6) is 2.09. The molecule has 1 heterocycles. The number of benzene rings is 1. The fourth-order valence-corrected chi connectivity index (χ4v) is 3.47. The standard InChI is InChI=1S/C14H17NS2/c1-3-14-15-13(10-17-14)9-16-8-12-7-5-4-6-11(12)2/h4-7,10H,3,8-9H2,1-2H3. The lowest BCUT2D eigenvalue weighted by Gasteiger charge is -2.03. The van der Waals surface area contributed by atoms with Crippen LogP contribution < -0.4 is 0 Å². The zero-order valence-corrected chi connectivity index (χ0v) is 11.9. The highest BCUT2D eigenvalue weighted by atomic mass is 32.2. The monoisotopic (exact) mass is 263 g/mol. The number of aryl methyl sites for hydroxylation is 2. The van der Waals surface area contributed by atoms with E-state index in [0.717, 1.165) is 17.9 Å². The van der Waals surface area contributed by atoms with Gasteiger partial charge < -0.3 is 0 Å². The van der Waals surface area contributed by atoms with Gasteiger partial charge in [0.1, 0.15) is 0 Å². The van der Waals surface area contributed by atoms with Crippen LogP contribution in [0.5, 0.6) is 0 Å². The molecule has 1 aromatic carbocycles. The van der Waals surface area contributed by atoms with E-state index in [1.165, 1.54) is 21.8 Å². The van der Waals surface area contributed by atoms with Gasteiger partial charge in [0.15, 0.2) is 0 Å². The van der Waals surface area contributed by atoms with Crippen LogP contribution in [-0.4, -0.2) is 4.98 Å². The molecule has 0 unspecified atom stereocenters. The van der Waals surface area contributed by atoms with E-state index in [2.05, 4.69) is 48.5 Å². The Hall–Kier alpha value is -0.800. The Labute approximate surface area is 111 Å². The van der Waals surface area contributed by atoms with Crippen molar-refractivity contribution in [2.45, 2.75) is 31.8 Å². The first-order chi connectivity index (χ1) is 8.29. The van der Waals surface area contributed by atoms with E-state index in [0.29, 0.717) is 0 Å². The minimum absolute atomic E-state index is 1.02. The third-order valence-corrected chi connectivity index (χ3v) is 4.73. The molecule has 0 aliphatic heterocycles. The summed E-state index contributed by atoms with van der Waals surface area (Å²) in [6.07, 6.45) is 1.05. The molecule has 0 N–H and O–H groups in total. The number of aromatic nitrogens is 1. The van der Waals surface area contributed by atoms with Gasteiger partial charge in [0.2, 0.25) is 0 Å². The van der Waals surface area contributed by atoms with Crippen LogP contribution in [0.3, 0.4) is 0 Å². The first-order valence-electron chi connectivity index (χ1n) is 5.85. The van der Waals surface area contributed by atoms with Crippen LogP contribution in [-0.2, 0) is 17.9 Å². The molecule has 0 saturated heterocycles. The molecule has 0 atom stereocenters. The largest absolute Gasteiger partial charge is 0.245 e. The highest BCUT2D eigenvalue weighted by Crippen LogP contribution is 2.21. The molecule has 17 heavy (non-hydrogen) atoms. The second-order valence-electron chi connectivity index (χ2n) is 4.01. The van der Waals surface area contributed by atoms with Crippen LogP contribution in [0.4, 0.5) is 0 Å². The molecule has 0 aliphatic rings. The van der Waals surface area contributed by atoms with E-state index in [4.69, 9.17) is 0 Å². The van der Waals surface area contributed by atoms with Crippen LogP contribution in [0.15, 0.2) is 29.6 Å². The van der Waals surface area contributed by atoms with Crippen molar-refractivity contribution in [1.82, 2.24) is 4.98 Å². The first kappa shape index (κ1) is 12.7. The number of thioether (sulfide) groups is 1. The van der Waals surface area contributed by atoms with Gasteiger partial charge in [0.25, 0.3) is 0 Å². The van der Waals surface area contributed by atoms with Crippen molar-refractivity contribution >= 4 is 23.1 Å². The second kappa shape index (κ2) is 6.22. The third kappa shape index (κ3) is 3.58. The number of rotatable bonds is 5. The Morgan fingerprint density at radius 3 is 2.76 bits per heavy atom. The van der Waals surface area contributed by atoms with E-state index in [9.17, 15) is 0 Å². The highest BCUT2D eigenvalue weighted by Gasteiger charge is 2.02. The molecule has 0 aliphatic carbocycles. The smallest absolute Gasteiger partial charge is 0.0925 e. The SMILES string of the molecule is CCc1nc(CSCc2ccccc2C)cs1. The summed E-state index contributed by atoms with van der Waals surface area (Å²) < 4.78 is 0. The summed E-state index contributed by atoms with van der Waals surface area (Å²) in [7, 11) is 0. The van der Waals surface area contributed by atoms with Gasteiger partial charge in [-0.3, -0.25) is 0 Å². The fourth-order valence-electron chi connectivity index (χ4n) is 1.62. The van der Waals surface area contributed by atoms with Gasteiger partial charge in [-0.15, -0.1) is 11.3 Å². The average Bonchev–Trinajstić information content (AvgIpc) is 2.80. The Morgan fingerprint density at radius 2 is 2.06 bits per heavy atom. The van der Waals surface area contributed by atoms with Gasteiger partial charge in [-0.1, -0.05) is 31.2 Å². The molecule has 0 saturated carbocycles. The maximum atomic E-state index is 4.58. The van der Waals surface area contributed by atoms with Crippen molar-refractivity contribution in [3.05, 3.63) is 51.5 Å². The van der Waals surface area contributed by atoms with Gasteiger partial charge in [-0.2, -0.15) is 11.8 Å². The minimum atomic E-state index is 1.02. The summed E-state index contributed by atoms with van der Waals surface area (Å²) in [6, 6.07) is 8.59. The second-order valence-corrected chi connectivity index (χ2v) is 5.93. The van der Waals surface area contributed by atoms with Crippen LogP contribution in [0.2, 0.25) is 0 Å². The summed E-state index contributed by atoms with van der Waals surface area (Å²) in [5.41, 5.74) is 4.04. The van der Waals surface area contributed by atoms with Gasteiger partial charge >= 0.3 is 0 Å². The average molecular weight is 263 g/mol. The third-order valence-electron chi connectivity index (χ3n) is 2.67. The van der Waals surface area contributed by atoms with Gasteiger partial charge in [0.05, 0.1) is 10.7 Å². The van der Waals surface area contributed by atoms with Gasteiger partial charge in [0, 0.05) is 16.9 Å². The van der Waals surface area contributed by atoms with Crippen molar-refractivity contribution in [1.29, 1.82) is 0 Å². The van der Waals surface area contributed by atoms with E-state index < -0.39 is 0 Å². The molecule has 1 nitrogen and oxygen atoms in total. The lowest BCUT2D eigenvalue weighted by molar-refractivity contribution is 1.06. The van der Waals surface area contributed by atoms with Gasteiger partial charge in [-0.25, -0.2) is 4.98 Å². The summed E-state index contributed by atoms with van der Waals surface area (Å²) in [4.78, 5) is 4.58. The van der Waals surface area contributed by atoms with Crippen molar-refractivity contribution in [3.8, 4) is 0 Å². The molecular weight excluding hydrogens is 246 g/mol. The lowest BCUT2D eigenvalue weighted by atomic mass is 10.1. The molecule has 0 radical (unpaired) electrons. The predicted octanol–water partition coefficient (Wildman–Crippen LogP) is 4.45. The summed E-state index contributed by atoms with van der Waals surface area (Å²) >= 11 is 3.72. The molecular formula is C14H17NS2. The van der Waals surface area contributed by atoms with Crippen LogP contribution >= 0.6 is 23.1 Å². The zero-order valence-electron chi connectivity index (χ0n) is 10.3. The Bertz CT molecular complexity index is 477. The van der Waals surface area contributed by atoms with E-state index >= 15 is 0 Å². The highest BCUT2D eigenvalue weighted by molar-refractivity contribution is 7.97. The van der Waals surface area contributed by atoms with Crippen LogP contribution in [0.1, 0.15) is 28.8 Å². The summed E-state index contributed by atoms with van der Waals surface area (Å²) in [5, 5.41) is 3.43. The van der Waals surface area contributed by atoms with Crippen LogP contribution in [0.25, 0.3) is 0 Å². The number of hydrogen-bond donors (Lipinski definition) is 0. The molecule has 2 rings (SSSR count). The fraction of sp³-hybridized carbons (Fsp3) is 0.357. The van der Waals surface area contributed by atoms with Gasteiger partial charge in [-0.05, 0) is 24.5 Å². The Morgan fingerprint density at radius 1 is 1.24 bits per heavy atom. The van der Waals surface area contributed by atoms with E-state index in [-0.39, 0.29) is 0 Å². The molecule has 3 heteroatoms. The van der Waals surface area contributed by atoms with E-state index in [1.807, 2.05) is 11.8 Å². The Balaban J connectivity index is 1.85. The maximum absolute atomic E-state index is 4.58. The predicted molar refractivity (Wildman–Crippen MR) is 77.7 cm³/mol. The first-order valence-corrected chi connectivity index (χ1v) is 7.88. The molecule has 2 aromatic rings. The number of nitrogens with zero attached hydrogens (tertiary/aromatic N) is 1. The maximum Gasteiger partial charge on any atom is 0.0925 e. The van der Waals surface area contributed by atoms with Crippen molar-refractivity contribution in [2.24, 2.45) is 0 Å². The van der Waals surface area contributed by atoms with E-state index in [1.54, 1.807) is 11.3 Å². The lowest BCUT2D eigenvalue weighted by Crippen LogP contribution is -1.87. The number of thiazole rings is 1. The van der Waals surface area contributed by atoms with Crippen molar-refractivity contribution in [2.75, 3.05) is 0 Å². The molecule has 0 bridgehead atoms. The van der Waals surface area contributed by atoms with Crippen LogP contribution in [0, 0.1) is 6.92 Å². The zero-order chi connectivity index (χ0) is 12.1. The molecule has 1 aromatic heterocycles. The summed E-state index contributed by atoms with van der Waals surface area (Å²) in [6.45, 7) is 4.33. The van der Waals surface area contributed by atoms with Crippen molar-refractivity contribution < 1.29 is 0 Å². The molecule has 0 amide bonds. The molecule has 0 fully saturated rings.